The van der Waals surface area contributed by atoms with E-state index < -0.39 is 49.5 Å². The van der Waals surface area contributed by atoms with Gasteiger partial charge in [-0.25, -0.2) is 0 Å². The van der Waals surface area contributed by atoms with Crippen molar-refractivity contribution in [2.24, 2.45) is 0 Å². The topological polar surface area (TPSA) is 147 Å². The van der Waals surface area contributed by atoms with Crippen LogP contribution in [0, 0.1) is 6.92 Å². The first kappa shape index (κ1) is 23.2. The summed E-state index contributed by atoms with van der Waals surface area (Å²) in [5.74, 6) is 0.711. The van der Waals surface area contributed by atoms with Crippen LogP contribution in [-0.4, -0.2) is 70.0 Å². The lowest BCUT2D eigenvalue weighted by Gasteiger charge is -2.41. The molecule has 7 atom stereocenters. The number of phenolic OH excluding ortho intramolecular Hbond substituents is 2. The van der Waals surface area contributed by atoms with Gasteiger partial charge in [-0.1, -0.05) is 12.1 Å². The molecule has 0 amide bonds. The zero-order chi connectivity index (χ0) is 24.1. The number of hydrogen-bond acceptors (Lipinski definition) is 10. The number of fused-ring (bicyclic) bond motifs is 1. The van der Waals surface area contributed by atoms with Crippen molar-refractivity contribution in [3.63, 3.8) is 0 Å². The third-order valence-electron chi connectivity index (χ3n) is 6.69. The van der Waals surface area contributed by atoms with E-state index in [0.717, 1.165) is 5.56 Å². The van der Waals surface area contributed by atoms with Crippen molar-refractivity contribution in [1.29, 1.82) is 0 Å². The molecule has 0 aliphatic carbocycles. The average molecular weight is 476 g/mol. The fourth-order valence-corrected chi connectivity index (χ4v) is 4.89. The van der Waals surface area contributed by atoms with E-state index in [1.165, 1.54) is 7.11 Å². The van der Waals surface area contributed by atoms with E-state index in [1.54, 1.807) is 31.2 Å². The van der Waals surface area contributed by atoms with Gasteiger partial charge in [0, 0.05) is 19.1 Å². The molecule has 3 heterocycles. The average Bonchev–Trinajstić information content (AvgIpc) is 3.00. The van der Waals surface area contributed by atoms with Crippen LogP contribution in [0.3, 0.4) is 0 Å². The SMILES string of the molecule is COCc1c(O)c(C)c2c3c1O[C@@H]1O[C@H](CO)[C@@H](O)[C@H](O)[C@H]1O[C@@H]3C[C@@H](c1ccc(O)cc1)O2. The molecular weight excluding hydrogens is 448 g/mol. The van der Waals surface area contributed by atoms with Gasteiger partial charge in [0.1, 0.15) is 53.5 Å². The van der Waals surface area contributed by atoms with Crippen LogP contribution in [0.1, 0.15) is 40.9 Å². The number of phenols is 2. The van der Waals surface area contributed by atoms with E-state index >= 15 is 0 Å². The number of benzene rings is 2. The number of aliphatic hydroxyl groups is 3. The second-order valence-electron chi connectivity index (χ2n) is 8.80. The van der Waals surface area contributed by atoms with Crippen LogP contribution in [0.5, 0.6) is 23.0 Å². The smallest absolute Gasteiger partial charge is 0.229 e. The van der Waals surface area contributed by atoms with Gasteiger partial charge in [-0.05, 0) is 24.6 Å². The molecule has 1 saturated heterocycles. The Kier molecular flexibility index (Phi) is 6.05. The highest BCUT2D eigenvalue weighted by atomic mass is 16.7. The number of ether oxygens (including phenoxy) is 5. The quantitative estimate of drug-likeness (QED) is 0.438. The van der Waals surface area contributed by atoms with Crippen LogP contribution in [-0.2, 0) is 20.8 Å². The first-order valence-corrected chi connectivity index (χ1v) is 11.1. The van der Waals surface area contributed by atoms with Crippen LogP contribution in [0.2, 0.25) is 0 Å². The molecule has 5 N–H and O–H groups in total. The number of rotatable bonds is 4. The van der Waals surface area contributed by atoms with E-state index in [4.69, 9.17) is 23.7 Å². The summed E-state index contributed by atoms with van der Waals surface area (Å²) in [5.41, 5.74) is 2.20. The summed E-state index contributed by atoms with van der Waals surface area (Å²) in [6.07, 6.45) is -6.85. The van der Waals surface area contributed by atoms with Crippen molar-refractivity contribution >= 4 is 0 Å². The summed E-state index contributed by atoms with van der Waals surface area (Å²) < 4.78 is 29.8. The molecule has 34 heavy (non-hydrogen) atoms. The van der Waals surface area contributed by atoms with Crippen molar-refractivity contribution in [1.82, 2.24) is 0 Å². The first-order valence-electron chi connectivity index (χ1n) is 11.1. The number of methoxy groups -OCH3 is 1. The Morgan fingerprint density at radius 2 is 1.71 bits per heavy atom. The second kappa shape index (κ2) is 8.88. The molecule has 2 aromatic rings. The van der Waals surface area contributed by atoms with E-state index in [0.29, 0.717) is 28.9 Å². The third-order valence-corrected chi connectivity index (χ3v) is 6.69. The van der Waals surface area contributed by atoms with Gasteiger partial charge in [0.15, 0.2) is 0 Å². The van der Waals surface area contributed by atoms with Crippen molar-refractivity contribution in [3.05, 3.63) is 46.5 Å². The Labute approximate surface area is 195 Å². The zero-order valence-electron chi connectivity index (χ0n) is 18.7. The van der Waals surface area contributed by atoms with Gasteiger partial charge in [0.2, 0.25) is 6.29 Å². The van der Waals surface area contributed by atoms with E-state index in [9.17, 15) is 25.5 Å². The summed E-state index contributed by atoms with van der Waals surface area (Å²) in [6.45, 7) is 1.23. The predicted octanol–water partition coefficient (Wildman–Crippen LogP) is 1.33. The highest BCUT2D eigenvalue weighted by molar-refractivity contribution is 5.63. The van der Waals surface area contributed by atoms with Gasteiger partial charge >= 0.3 is 0 Å². The summed E-state index contributed by atoms with van der Waals surface area (Å²) in [4.78, 5) is 0. The van der Waals surface area contributed by atoms with E-state index in [1.807, 2.05) is 0 Å². The molecule has 0 bridgehead atoms. The molecule has 2 aromatic carbocycles. The Bertz CT molecular complexity index is 1050. The van der Waals surface area contributed by atoms with Gasteiger partial charge in [-0.2, -0.15) is 0 Å². The van der Waals surface area contributed by atoms with Crippen LogP contribution in [0.25, 0.3) is 0 Å². The van der Waals surface area contributed by atoms with Crippen LogP contribution < -0.4 is 9.47 Å². The zero-order valence-corrected chi connectivity index (χ0v) is 18.7. The summed E-state index contributed by atoms with van der Waals surface area (Å²) >= 11 is 0. The number of aliphatic hydroxyl groups excluding tert-OH is 3. The molecule has 184 valence electrons. The molecule has 0 radical (unpaired) electrons. The normalized spacial score (nSPS) is 32.1. The third kappa shape index (κ3) is 3.67. The highest BCUT2D eigenvalue weighted by Gasteiger charge is 2.51. The summed E-state index contributed by atoms with van der Waals surface area (Å²) in [6, 6.07) is 6.60. The second-order valence-corrected chi connectivity index (χ2v) is 8.80. The minimum atomic E-state index is -1.39. The standard InChI is InChI=1S/C24H28O10/c1-10-18(27)13(9-30-2)22-17-15(7-14(31-21(10)17)11-3-5-12(26)6-4-11)32-23-20(29)19(28)16(8-25)33-24(23)34-22/h3-6,14-16,19-20,23-29H,7-9H2,1-2H3/t14-,15+,16+,19+,20-,23+,24-/m0/s1. The molecule has 1 fully saturated rings. The fraction of sp³-hybridized carbons (Fsp3) is 0.500. The minimum Gasteiger partial charge on any atom is -0.508 e. The van der Waals surface area contributed by atoms with Gasteiger partial charge in [-0.15, -0.1) is 0 Å². The molecule has 0 saturated carbocycles. The summed E-state index contributed by atoms with van der Waals surface area (Å²) in [7, 11) is 1.49. The van der Waals surface area contributed by atoms with Crippen LogP contribution >= 0.6 is 0 Å². The monoisotopic (exact) mass is 476 g/mol. The summed E-state index contributed by atoms with van der Waals surface area (Å²) in [5, 5.41) is 51.5. The Balaban J connectivity index is 1.63. The van der Waals surface area contributed by atoms with Gasteiger partial charge < -0.3 is 49.2 Å². The predicted molar refractivity (Wildman–Crippen MR) is 116 cm³/mol. The first-order chi connectivity index (χ1) is 16.3. The lowest BCUT2D eigenvalue weighted by Crippen LogP contribution is -2.60. The van der Waals surface area contributed by atoms with Crippen LogP contribution in [0.15, 0.2) is 24.3 Å². The molecule has 10 heteroatoms. The molecule has 0 unspecified atom stereocenters. The minimum absolute atomic E-state index is 0.0371. The van der Waals surface area contributed by atoms with Crippen LogP contribution in [0.4, 0.5) is 0 Å². The van der Waals surface area contributed by atoms with Crippen molar-refractivity contribution < 1.29 is 49.2 Å². The molecule has 10 nitrogen and oxygen atoms in total. The molecule has 0 aromatic heterocycles. The van der Waals surface area contributed by atoms with Crippen molar-refractivity contribution in [3.8, 4) is 23.0 Å². The maximum Gasteiger partial charge on any atom is 0.229 e. The van der Waals surface area contributed by atoms with Gasteiger partial charge in [-0.3, -0.25) is 0 Å². The van der Waals surface area contributed by atoms with Gasteiger partial charge in [0.25, 0.3) is 0 Å². The lowest BCUT2D eigenvalue weighted by atomic mass is 9.90. The number of aromatic hydroxyl groups is 2. The van der Waals surface area contributed by atoms with E-state index in [-0.39, 0.29) is 23.9 Å². The molecule has 3 aliphatic rings. The fourth-order valence-electron chi connectivity index (χ4n) is 4.89. The van der Waals surface area contributed by atoms with Crippen molar-refractivity contribution in [2.45, 2.75) is 62.9 Å². The largest absolute Gasteiger partial charge is 0.508 e. The van der Waals surface area contributed by atoms with Crippen molar-refractivity contribution in [2.75, 3.05) is 13.7 Å². The molecule has 0 spiro atoms. The van der Waals surface area contributed by atoms with Gasteiger partial charge in [0.05, 0.1) is 30.4 Å². The Morgan fingerprint density at radius 3 is 2.38 bits per heavy atom. The lowest BCUT2D eigenvalue weighted by molar-refractivity contribution is -0.292. The maximum atomic E-state index is 11.0. The molecule has 3 aliphatic heterocycles. The highest BCUT2D eigenvalue weighted by Crippen LogP contribution is 2.55. The molecule has 5 rings (SSSR count). The number of hydrogen-bond donors (Lipinski definition) is 5. The Hall–Kier alpha value is -2.60. The van der Waals surface area contributed by atoms with E-state index in [2.05, 4.69) is 0 Å². The Morgan fingerprint density at radius 1 is 0.971 bits per heavy atom. The maximum absolute atomic E-state index is 11.0. The molecular formula is C24H28O10.